The standard InChI is InChI=1S/C23H28F3N7OS.C23H29F2N7O3S.C2H6/c1-35-32-15-4-2-14(3-5-15)28-22-27-12-19-21(31-22)33(16-6-8-34-9-7-16)23(29-19)30-20-17(25)10-13(24)11-18(20)26;1-36(33,34)31-15-7-5-14(6-8-15)27-22-26-13-19-21(30-22)32(16-9-11-35-12-10-16)23(28-19)29-20-17(24)3-2-4-18(20)25;1-2/h10-12,14-16,32H,2-9H2,1H3,(H,29,30)(H,27,28,31);2-4,13-16,31H,5-12H2,1H3,(H,28,29)(H,26,27,30);1-2H3. The molecule has 73 heavy (non-hydrogen) atoms. The Morgan fingerprint density at radius 2 is 1.00 bits per heavy atom. The first-order chi connectivity index (χ1) is 35.3. The third-order valence-corrected chi connectivity index (χ3v) is 14.5. The summed E-state index contributed by atoms with van der Waals surface area (Å²) in [5, 5.41) is 12.4. The highest BCUT2D eigenvalue weighted by Crippen LogP contribution is 2.35. The number of aromatic nitrogens is 8. The topological polar surface area (TPSA) is 212 Å². The van der Waals surface area contributed by atoms with E-state index < -0.39 is 44.8 Å². The van der Waals surface area contributed by atoms with E-state index in [1.807, 2.05) is 29.2 Å². The molecule has 4 aliphatic rings. The van der Waals surface area contributed by atoms with Crippen molar-refractivity contribution < 1.29 is 39.8 Å². The third kappa shape index (κ3) is 13.6. The molecule has 18 nitrogen and oxygen atoms in total. The van der Waals surface area contributed by atoms with Gasteiger partial charge in [0, 0.05) is 74.8 Å². The Hall–Kier alpha value is -5.47. The number of nitrogens with zero attached hydrogens (tertiary/aromatic N) is 8. The lowest BCUT2D eigenvalue weighted by atomic mass is 9.92. The summed E-state index contributed by atoms with van der Waals surface area (Å²) in [5.74, 6) is -3.03. The molecule has 0 bridgehead atoms. The summed E-state index contributed by atoms with van der Waals surface area (Å²) < 4.78 is 115. The van der Waals surface area contributed by atoms with Gasteiger partial charge < -0.3 is 30.7 Å². The first-order valence-corrected chi connectivity index (χ1v) is 28.0. The minimum Gasteiger partial charge on any atom is -0.381 e. The van der Waals surface area contributed by atoms with E-state index in [1.165, 1.54) is 24.5 Å². The summed E-state index contributed by atoms with van der Waals surface area (Å²) in [6.45, 7) is 6.26. The predicted molar refractivity (Wildman–Crippen MR) is 273 cm³/mol. The Morgan fingerprint density at radius 1 is 0.589 bits per heavy atom. The summed E-state index contributed by atoms with van der Waals surface area (Å²) in [5.41, 5.74) is 1.40. The summed E-state index contributed by atoms with van der Waals surface area (Å²) in [6, 6.07) is 5.74. The molecule has 0 spiro atoms. The van der Waals surface area contributed by atoms with Gasteiger partial charge in [-0.15, -0.1) is 0 Å². The van der Waals surface area contributed by atoms with Crippen LogP contribution in [0.1, 0.15) is 103 Å². The zero-order valence-corrected chi connectivity index (χ0v) is 42.9. The van der Waals surface area contributed by atoms with E-state index in [-0.39, 0.29) is 41.8 Å². The smallest absolute Gasteiger partial charge is 0.224 e. The van der Waals surface area contributed by atoms with Crippen molar-refractivity contribution in [3.63, 3.8) is 0 Å². The van der Waals surface area contributed by atoms with Crippen molar-refractivity contribution in [2.24, 2.45) is 0 Å². The molecule has 0 unspecified atom stereocenters. The molecular formula is C48H63F5N14O4S2. The Morgan fingerprint density at radius 3 is 1.42 bits per heavy atom. The average molecular weight is 1060 g/mol. The molecule has 0 radical (unpaired) electrons. The van der Waals surface area contributed by atoms with Crippen molar-refractivity contribution in [3.05, 3.63) is 71.8 Å². The van der Waals surface area contributed by atoms with Gasteiger partial charge in [-0.3, -0.25) is 13.9 Å². The number of benzene rings is 2. The largest absolute Gasteiger partial charge is 0.381 e. The van der Waals surface area contributed by atoms with E-state index in [4.69, 9.17) is 19.4 Å². The number of anilines is 6. The SMILES string of the molecule is CC.CS(=O)(=O)NC1CCC(Nc2ncc3nc(Nc4c(F)cccc4F)n(C4CCOCC4)c3n2)CC1.CSNC1CCC(Nc2ncc3nc(Nc4c(F)cc(F)cc4F)n(C4CCOCC4)c3n2)CC1. The first kappa shape index (κ1) is 53.8. The highest BCUT2D eigenvalue weighted by molar-refractivity contribution is 7.96. The van der Waals surface area contributed by atoms with Gasteiger partial charge in [-0.05, 0) is 95.4 Å². The zero-order valence-electron chi connectivity index (χ0n) is 41.2. The van der Waals surface area contributed by atoms with Gasteiger partial charge in [0.15, 0.2) is 22.9 Å². The second kappa shape index (κ2) is 24.7. The molecule has 6 aromatic rings. The van der Waals surface area contributed by atoms with Crippen LogP contribution in [-0.4, -0.2) is 111 Å². The lowest BCUT2D eigenvalue weighted by molar-refractivity contribution is 0.0708. The number of halogens is 5. The van der Waals surface area contributed by atoms with Gasteiger partial charge in [0.05, 0.1) is 18.6 Å². The van der Waals surface area contributed by atoms with E-state index in [0.717, 1.165) is 51.4 Å². The van der Waals surface area contributed by atoms with Gasteiger partial charge in [0.1, 0.15) is 39.9 Å². The van der Waals surface area contributed by atoms with Crippen LogP contribution in [0.2, 0.25) is 0 Å². The molecule has 0 amide bonds. The van der Waals surface area contributed by atoms with E-state index in [1.54, 1.807) is 24.3 Å². The van der Waals surface area contributed by atoms with Gasteiger partial charge in [-0.25, -0.2) is 55.0 Å². The lowest BCUT2D eigenvalue weighted by Crippen LogP contribution is -2.39. The molecule has 6 heterocycles. The first-order valence-electron chi connectivity index (χ1n) is 24.9. The molecule has 396 valence electrons. The van der Waals surface area contributed by atoms with Crippen molar-refractivity contribution in [2.75, 3.05) is 60.2 Å². The van der Waals surface area contributed by atoms with Crippen LogP contribution < -0.4 is 30.7 Å². The van der Waals surface area contributed by atoms with Crippen molar-refractivity contribution >= 4 is 79.5 Å². The normalized spacial score (nSPS) is 20.9. The van der Waals surface area contributed by atoms with Gasteiger partial charge >= 0.3 is 0 Å². The Bertz CT molecular complexity index is 2860. The van der Waals surface area contributed by atoms with Crippen molar-refractivity contribution in [1.29, 1.82) is 0 Å². The molecule has 4 aromatic heterocycles. The van der Waals surface area contributed by atoms with Crippen molar-refractivity contribution in [1.82, 2.24) is 48.5 Å². The van der Waals surface area contributed by atoms with Crippen molar-refractivity contribution in [2.45, 2.75) is 127 Å². The molecule has 2 aliphatic heterocycles. The third-order valence-electron chi connectivity index (χ3n) is 13.2. The molecule has 10 rings (SSSR count). The maximum Gasteiger partial charge on any atom is 0.224 e. The second-order valence-corrected chi connectivity index (χ2v) is 20.7. The van der Waals surface area contributed by atoms with Crippen LogP contribution in [0.25, 0.3) is 22.3 Å². The zero-order chi connectivity index (χ0) is 51.6. The number of nitrogens with one attached hydrogen (secondary N) is 6. The highest BCUT2D eigenvalue weighted by Gasteiger charge is 2.29. The molecule has 2 aliphatic carbocycles. The van der Waals surface area contributed by atoms with Crippen molar-refractivity contribution in [3.8, 4) is 0 Å². The fourth-order valence-electron chi connectivity index (χ4n) is 9.72. The summed E-state index contributed by atoms with van der Waals surface area (Å²) in [7, 11) is -3.23. The molecule has 2 saturated carbocycles. The van der Waals surface area contributed by atoms with Crippen LogP contribution in [0.3, 0.4) is 0 Å². The Balaban J connectivity index is 0.000000189. The fraction of sp³-hybridized carbons (Fsp3) is 0.542. The average Bonchev–Trinajstić information content (AvgIpc) is 3.93. The molecule has 25 heteroatoms. The minimum absolute atomic E-state index is 0.0126. The Kier molecular flexibility index (Phi) is 18.2. The number of ether oxygens (including phenoxy) is 2. The van der Waals surface area contributed by atoms with E-state index in [0.29, 0.717) is 110 Å². The molecule has 0 atom stereocenters. The van der Waals surface area contributed by atoms with Gasteiger partial charge in [0.25, 0.3) is 0 Å². The van der Waals surface area contributed by atoms with Crippen LogP contribution >= 0.6 is 11.9 Å². The minimum atomic E-state index is -3.23. The van der Waals surface area contributed by atoms with Gasteiger partial charge in [-0.1, -0.05) is 31.9 Å². The number of hydrogen-bond acceptors (Lipinski definition) is 16. The number of fused-ring (bicyclic) bond motifs is 2. The highest BCUT2D eigenvalue weighted by atomic mass is 32.2. The molecule has 4 fully saturated rings. The fourth-order valence-corrected chi connectivity index (χ4v) is 11.1. The van der Waals surface area contributed by atoms with Crippen LogP contribution in [-0.2, 0) is 19.5 Å². The maximum atomic E-state index is 14.4. The number of sulfonamides is 1. The lowest BCUT2D eigenvalue weighted by Gasteiger charge is -2.29. The van der Waals surface area contributed by atoms with Crippen LogP contribution in [0.4, 0.5) is 57.1 Å². The van der Waals surface area contributed by atoms with Gasteiger partial charge in [-0.2, -0.15) is 9.97 Å². The van der Waals surface area contributed by atoms with E-state index in [9.17, 15) is 30.4 Å². The summed E-state index contributed by atoms with van der Waals surface area (Å²) in [6.07, 6.45) is 16.4. The molecule has 6 N–H and O–H groups in total. The number of hydrogen-bond donors (Lipinski definition) is 6. The van der Waals surface area contributed by atoms with E-state index >= 15 is 0 Å². The summed E-state index contributed by atoms with van der Waals surface area (Å²) in [4.78, 5) is 27.4. The number of rotatable bonds is 14. The molecular weight excluding hydrogens is 996 g/mol. The number of para-hydroxylation sites is 1. The van der Waals surface area contributed by atoms with E-state index in [2.05, 4.69) is 50.6 Å². The van der Waals surface area contributed by atoms with Crippen LogP contribution in [0.15, 0.2) is 42.7 Å². The van der Waals surface area contributed by atoms with Crippen LogP contribution in [0.5, 0.6) is 0 Å². The monoisotopic (exact) mass is 1060 g/mol. The Labute approximate surface area is 425 Å². The maximum absolute atomic E-state index is 14.4. The predicted octanol–water partition coefficient (Wildman–Crippen LogP) is 9.43. The quantitative estimate of drug-likeness (QED) is 0.0443. The molecule has 2 saturated heterocycles. The second-order valence-electron chi connectivity index (χ2n) is 18.3. The van der Waals surface area contributed by atoms with Crippen LogP contribution in [0, 0.1) is 29.1 Å². The van der Waals surface area contributed by atoms with Gasteiger partial charge in [0.2, 0.25) is 33.8 Å². The molecule has 2 aromatic carbocycles. The summed E-state index contributed by atoms with van der Waals surface area (Å²) >= 11 is 1.65. The number of imidazole rings is 2.